The number of carboxylic acids is 1. The Balaban J connectivity index is 2.00. The van der Waals surface area contributed by atoms with E-state index in [-0.39, 0.29) is 0 Å². The lowest BCUT2D eigenvalue weighted by molar-refractivity contribution is -0.137. The van der Waals surface area contributed by atoms with Crippen LogP contribution in [0.3, 0.4) is 0 Å². The summed E-state index contributed by atoms with van der Waals surface area (Å²) in [6.07, 6.45) is 7.29. The molecule has 0 heterocycles. The van der Waals surface area contributed by atoms with Crippen molar-refractivity contribution in [2.45, 2.75) is 63.2 Å². The summed E-state index contributed by atoms with van der Waals surface area (Å²) < 4.78 is 0. The molecule has 0 aliphatic heterocycles. The Hall–Kier alpha value is -0.220. The maximum absolute atomic E-state index is 10.3. The topological polar surface area (TPSA) is 49.3 Å². The van der Waals surface area contributed by atoms with Crippen LogP contribution in [0.2, 0.25) is 0 Å². The summed E-state index contributed by atoms with van der Waals surface area (Å²) in [5.41, 5.74) is 0. The highest BCUT2D eigenvalue weighted by atomic mass is 32.2. The van der Waals surface area contributed by atoms with Crippen molar-refractivity contribution in [1.29, 1.82) is 0 Å². The smallest absolute Gasteiger partial charge is 0.303 e. The van der Waals surface area contributed by atoms with Crippen molar-refractivity contribution in [3.63, 3.8) is 0 Å². The Morgan fingerprint density at radius 2 is 2.18 bits per heavy atom. The SMILES string of the molecule is CCSC1CCCC1NCCCCCC(=O)O. The van der Waals surface area contributed by atoms with Gasteiger partial charge in [0.05, 0.1) is 0 Å². The van der Waals surface area contributed by atoms with Crippen LogP contribution in [0, 0.1) is 0 Å². The molecule has 100 valence electrons. The van der Waals surface area contributed by atoms with Gasteiger partial charge in [0.25, 0.3) is 0 Å². The number of hydrogen-bond acceptors (Lipinski definition) is 3. The first-order chi connectivity index (χ1) is 8.24. The second kappa shape index (κ2) is 8.81. The largest absolute Gasteiger partial charge is 0.481 e. The van der Waals surface area contributed by atoms with E-state index in [0.29, 0.717) is 12.5 Å². The molecule has 1 aliphatic rings. The molecule has 0 aromatic rings. The highest BCUT2D eigenvalue weighted by Crippen LogP contribution is 2.29. The number of carboxylic acid groups (broad SMARTS) is 1. The quantitative estimate of drug-likeness (QED) is 0.625. The molecule has 2 atom stereocenters. The average Bonchev–Trinajstić information content (AvgIpc) is 2.71. The molecule has 2 N–H and O–H groups in total. The molecule has 2 unspecified atom stereocenters. The molecule has 0 spiro atoms. The van der Waals surface area contributed by atoms with E-state index in [1.807, 2.05) is 0 Å². The van der Waals surface area contributed by atoms with Crippen LogP contribution in [-0.2, 0) is 4.79 Å². The summed E-state index contributed by atoms with van der Waals surface area (Å²) >= 11 is 2.08. The molecule has 1 rings (SSSR count). The van der Waals surface area contributed by atoms with Gasteiger partial charge in [-0.05, 0) is 38.0 Å². The van der Waals surface area contributed by atoms with Gasteiger partial charge in [0.15, 0.2) is 0 Å². The van der Waals surface area contributed by atoms with E-state index < -0.39 is 5.97 Å². The summed E-state index contributed by atoms with van der Waals surface area (Å²) in [6.45, 7) is 3.27. The van der Waals surface area contributed by atoms with E-state index in [1.165, 1.54) is 25.0 Å². The first kappa shape index (κ1) is 14.8. The minimum absolute atomic E-state index is 0.317. The third kappa shape index (κ3) is 6.32. The Bertz CT molecular complexity index is 223. The number of aliphatic carboxylic acids is 1. The van der Waals surface area contributed by atoms with Gasteiger partial charge in [0.1, 0.15) is 0 Å². The summed E-state index contributed by atoms with van der Waals surface area (Å²) in [5, 5.41) is 13.0. The molecule has 0 amide bonds. The van der Waals surface area contributed by atoms with E-state index >= 15 is 0 Å². The van der Waals surface area contributed by atoms with Gasteiger partial charge in [-0.25, -0.2) is 0 Å². The van der Waals surface area contributed by atoms with Crippen molar-refractivity contribution in [3.8, 4) is 0 Å². The zero-order valence-corrected chi connectivity index (χ0v) is 11.6. The van der Waals surface area contributed by atoms with Gasteiger partial charge >= 0.3 is 5.97 Å². The van der Waals surface area contributed by atoms with Crippen LogP contribution in [0.25, 0.3) is 0 Å². The first-order valence-corrected chi connectivity index (χ1v) is 7.85. The molecule has 0 aromatic heterocycles. The fourth-order valence-corrected chi connectivity index (χ4v) is 3.66. The lowest BCUT2D eigenvalue weighted by Crippen LogP contribution is -2.34. The van der Waals surface area contributed by atoms with E-state index in [1.54, 1.807) is 0 Å². The van der Waals surface area contributed by atoms with Crippen LogP contribution in [0.4, 0.5) is 0 Å². The predicted molar refractivity (Wildman–Crippen MR) is 73.7 cm³/mol. The van der Waals surface area contributed by atoms with Gasteiger partial charge in [0, 0.05) is 17.7 Å². The fourth-order valence-electron chi connectivity index (χ4n) is 2.44. The molecule has 1 aliphatic carbocycles. The molecule has 1 fully saturated rings. The van der Waals surface area contributed by atoms with Gasteiger partial charge in [0.2, 0.25) is 0 Å². The van der Waals surface area contributed by atoms with Gasteiger partial charge in [-0.15, -0.1) is 0 Å². The molecule has 4 heteroatoms. The number of hydrogen-bond donors (Lipinski definition) is 2. The monoisotopic (exact) mass is 259 g/mol. The predicted octanol–water partition coefficient (Wildman–Crippen LogP) is 2.90. The average molecular weight is 259 g/mol. The summed E-state index contributed by atoms with van der Waals surface area (Å²) in [4.78, 5) is 10.3. The van der Waals surface area contributed by atoms with Crippen molar-refractivity contribution in [3.05, 3.63) is 0 Å². The van der Waals surface area contributed by atoms with Crippen LogP contribution in [-0.4, -0.2) is 34.7 Å². The molecule has 0 bridgehead atoms. The van der Waals surface area contributed by atoms with Crippen molar-refractivity contribution >= 4 is 17.7 Å². The zero-order valence-electron chi connectivity index (χ0n) is 10.8. The highest BCUT2D eigenvalue weighted by Gasteiger charge is 2.26. The molecular formula is C13H25NO2S. The third-order valence-corrected chi connectivity index (χ3v) is 4.63. The van der Waals surface area contributed by atoms with Gasteiger partial charge in [-0.2, -0.15) is 11.8 Å². The summed E-state index contributed by atoms with van der Waals surface area (Å²) in [6, 6.07) is 0.694. The molecule has 0 saturated heterocycles. The summed E-state index contributed by atoms with van der Waals surface area (Å²) in [5.74, 6) is 0.537. The van der Waals surface area contributed by atoms with Gasteiger partial charge < -0.3 is 10.4 Å². The van der Waals surface area contributed by atoms with E-state index in [0.717, 1.165) is 31.1 Å². The van der Waals surface area contributed by atoms with E-state index in [2.05, 4.69) is 24.0 Å². The van der Waals surface area contributed by atoms with Crippen LogP contribution < -0.4 is 5.32 Å². The second-order valence-electron chi connectivity index (χ2n) is 4.69. The molecule has 3 nitrogen and oxygen atoms in total. The number of nitrogens with one attached hydrogen (secondary N) is 1. The van der Waals surface area contributed by atoms with Crippen molar-refractivity contribution in [1.82, 2.24) is 5.32 Å². The minimum Gasteiger partial charge on any atom is -0.481 e. The van der Waals surface area contributed by atoms with Crippen molar-refractivity contribution in [2.75, 3.05) is 12.3 Å². The molecule has 17 heavy (non-hydrogen) atoms. The van der Waals surface area contributed by atoms with Gasteiger partial charge in [-0.3, -0.25) is 4.79 Å². The van der Waals surface area contributed by atoms with E-state index in [4.69, 9.17) is 5.11 Å². The third-order valence-electron chi connectivity index (χ3n) is 3.31. The van der Waals surface area contributed by atoms with Crippen LogP contribution in [0.15, 0.2) is 0 Å². The lowest BCUT2D eigenvalue weighted by atomic mass is 10.2. The van der Waals surface area contributed by atoms with Crippen LogP contribution in [0.1, 0.15) is 51.9 Å². The molecule has 1 saturated carbocycles. The highest BCUT2D eigenvalue weighted by molar-refractivity contribution is 7.99. The zero-order chi connectivity index (χ0) is 12.5. The summed E-state index contributed by atoms with van der Waals surface area (Å²) in [7, 11) is 0. The lowest BCUT2D eigenvalue weighted by Gasteiger charge is -2.20. The van der Waals surface area contributed by atoms with Crippen LogP contribution in [0.5, 0.6) is 0 Å². The second-order valence-corrected chi connectivity index (χ2v) is 6.21. The Morgan fingerprint density at radius 3 is 2.88 bits per heavy atom. The van der Waals surface area contributed by atoms with Crippen molar-refractivity contribution in [2.24, 2.45) is 0 Å². The maximum atomic E-state index is 10.3. The van der Waals surface area contributed by atoms with E-state index in [9.17, 15) is 4.79 Å². The van der Waals surface area contributed by atoms with Crippen molar-refractivity contribution < 1.29 is 9.90 Å². The normalized spacial score (nSPS) is 24.1. The number of rotatable bonds is 9. The molecular weight excluding hydrogens is 234 g/mol. The maximum Gasteiger partial charge on any atom is 0.303 e. The molecule has 0 aromatic carbocycles. The molecule has 0 radical (unpaired) electrons. The number of thioether (sulfide) groups is 1. The van der Waals surface area contributed by atoms with Crippen LogP contribution >= 0.6 is 11.8 Å². The fraction of sp³-hybridized carbons (Fsp3) is 0.923. The Morgan fingerprint density at radius 1 is 1.35 bits per heavy atom. The number of carbonyl (C=O) groups is 1. The first-order valence-electron chi connectivity index (χ1n) is 6.80. The van der Waals surface area contributed by atoms with Gasteiger partial charge in [-0.1, -0.05) is 19.8 Å². The Kier molecular flexibility index (Phi) is 7.69. The standard InChI is InChI=1S/C13H25NO2S/c1-2-17-12-8-6-7-11(12)14-10-5-3-4-9-13(15)16/h11-12,14H,2-10H2,1H3,(H,15,16). The minimum atomic E-state index is -0.673. The number of unbranched alkanes of at least 4 members (excludes halogenated alkanes) is 2. The Labute approximate surface area is 109 Å².